The standard InChI is InChI=1S/C28H27N7O/c1-5-24(36)32-23-10-18(7-6-16(23)2)26-25-17(3)22(19-11-31-35(15-19)21-8-9-21)13-29-28(25)33-27(26)20-12-30-34(4)14-20/h5-7,10-15,21H,1,8-9H2,2-4H3,(H,29,33)(H,32,36). The maximum atomic E-state index is 12.1. The zero-order chi connectivity index (χ0) is 25.0. The molecule has 6 rings (SSSR count). The van der Waals surface area contributed by atoms with E-state index in [0.717, 1.165) is 61.4 Å². The normalized spacial score (nSPS) is 13.3. The predicted octanol–water partition coefficient (Wildman–Crippen LogP) is 5.57. The second-order valence-corrected chi connectivity index (χ2v) is 9.46. The third-order valence-corrected chi connectivity index (χ3v) is 6.88. The van der Waals surface area contributed by atoms with Crippen LogP contribution < -0.4 is 5.32 Å². The number of carbonyl (C=O) groups is 1. The van der Waals surface area contributed by atoms with Crippen LogP contribution in [0.5, 0.6) is 0 Å². The molecule has 1 saturated carbocycles. The van der Waals surface area contributed by atoms with Gasteiger partial charge in [0, 0.05) is 59.0 Å². The summed E-state index contributed by atoms with van der Waals surface area (Å²) in [7, 11) is 1.90. The average molecular weight is 478 g/mol. The number of nitrogens with zero attached hydrogens (tertiary/aromatic N) is 5. The van der Waals surface area contributed by atoms with Crippen molar-refractivity contribution in [1.82, 2.24) is 29.5 Å². The van der Waals surface area contributed by atoms with Crippen molar-refractivity contribution in [3.05, 3.63) is 73.0 Å². The minimum absolute atomic E-state index is 0.241. The quantitative estimate of drug-likeness (QED) is 0.313. The van der Waals surface area contributed by atoms with Gasteiger partial charge in [0.25, 0.3) is 0 Å². The summed E-state index contributed by atoms with van der Waals surface area (Å²) in [6.45, 7) is 7.69. The van der Waals surface area contributed by atoms with Gasteiger partial charge in [-0.3, -0.25) is 14.2 Å². The number of amides is 1. The Kier molecular flexibility index (Phi) is 5.10. The Hall–Kier alpha value is -4.46. The van der Waals surface area contributed by atoms with E-state index in [2.05, 4.69) is 50.9 Å². The number of aromatic amines is 1. The van der Waals surface area contributed by atoms with Crippen molar-refractivity contribution in [1.29, 1.82) is 0 Å². The lowest BCUT2D eigenvalue weighted by Gasteiger charge is -2.12. The molecule has 0 spiro atoms. The highest BCUT2D eigenvalue weighted by molar-refractivity contribution is 6.07. The van der Waals surface area contributed by atoms with E-state index in [4.69, 9.17) is 4.98 Å². The Balaban J connectivity index is 1.58. The van der Waals surface area contributed by atoms with Gasteiger partial charge in [0.15, 0.2) is 0 Å². The molecule has 1 amide bonds. The number of pyridine rings is 1. The summed E-state index contributed by atoms with van der Waals surface area (Å²) in [4.78, 5) is 20.4. The molecule has 8 nitrogen and oxygen atoms in total. The van der Waals surface area contributed by atoms with Crippen molar-refractivity contribution in [3.63, 3.8) is 0 Å². The van der Waals surface area contributed by atoms with E-state index in [0.29, 0.717) is 6.04 Å². The number of anilines is 1. The molecule has 1 aromatic carbocycles. The number of carbonyl (C=O) groups excluding carboxylic acids is 1. The Morgan fingerprint density at radius 1 is 1.11 bits per heavy atom. The van der Waals surface area contributed by atoms with Gasteiger partial charge in [-0.1, -0.05) is 18.7 Å². The average Bonchev–Trinajstić information content (AvgIpc) is 3.26. The van der Waals surface area contributed by atoms with Crippen LogP contribution >= 0.6 is 0 Å². The maximum Gasteiger partial charge on any atom is 0.247 e. The van der Waals surface area contributed by atoms with Gasteiger partial charge in [0.2, 0.25) is 5.91 Å². The number of benzene rings is 1. The smallest absolute Gasteiger partial charge is 0.247 e. The van der Waals surface area contributed by atoms with Gasteiger partial charge in [0.05, 0.1) is 24.1 Å². The highest BCUT2D eigenvalue weighted by Crippen LogP contribution is 2.43. The minimum Gasteiger partial charge on any atom is -0.339 e. The third-order valence-electron chi connectivity index (χ3n) is 6.88. The van der Waals surface area contributed by atoms with Gasteiger partial charge in [-0.15, -0.1) is 0 Å². The van der Waals surface area contributed by atoms with Crippen LogP contribution in [-0.4, -0.2) is 35.4 Å². The Morgan fingerprint density at radius 3 is 2.64 bits per heavy atom. The fourth-order valence-corrected chi connectivity index (χ4v) is 4.77. The summed E-state index contributed by atoms with van der Waals surface area (Å²) in [5, 5.41) is 13.0. The fraction of sp³-hybridized carbons (Fsp3) is 0.214. The van der Waals surface area contributed by atoms with E-state index >= 15 is 0 Å². The fourth-order valence-electron chi connectivity index (χ4n) is 4.77. The van der Waals surface area contributed by atoms with E-state index in [-0.39, 0.29) is 5.91 Å². The molecule has 2 N–H and O–H groups in total. The zero-order valence-electron chi connectivity index (χ0n) is 20.5. The topological polar surface area (TPSA) is 93.4 Å². The summed E-state index contributed by atoms with van der Waals surface area (Å²) in [6.07, 6.45) is 13.5. The van der Waals surface area contributed by atoms with Crippen LogP contribution in [0.25, 0.3) is 44.5 Å². The summed E-state index contributed by atoms with van der Waals surface area (Å²) >= 11 is 0. The molecule has 0 radical (unpaired) electrons. The lowest BCUT2D eigenvalue weighted by Crippen LogP contribution is -2.08. The predicted molar refractivity (Wildman–Crippen MR) is 142 cm³/mol. The lowest BCUT2D eigenvalue weighted by molar-refractivity contribution is -0.111. The van der Waals surface area contributed by atoms with Gasteiger partial charge < -0.3 is 10.3 Å². The van der Waals surface area contributed by atoms with E-state index in [1.807, 2.05) is 50.9 Å². The van der Waals surface area contributed by atoms with Crippen LogP contribution in [0.4, 0.5) is 5.69 Å². The Bertz CT molecular complexity index is 1650. The first-order chi connectivity index (χ1) is 17.4. The summed E-state index contributed by atoms with van der Waals surface area (Å²) < 4.78 is 3.85. The van der Waals surface area contributed by atoms with Crippen LogP contribution in [0.1, 0.15) is 30.0 Å². The molecular formula is C28H27N7O. The van der Waals surface area contributed by atoms with E-state index < -0.39 is 0 Å². The van der Waals surface area contributed by atoms with Crippen LogP contribution in [0.3, 0.4) is 0 Å². The first-order valence-corrected chi connectivity index (χ1v) is 12.0. The summed E-state index contributed by atoms with van der Waals surface area (Å²) in [6, 6.07) is 6.63. The lowest BCUT2D eigenvalue weighted by atomic mass is 9.94. The van der Waals surface area contributed by atoms with Crippen LogP contribution in [0.15, 0.2) is 61.8 Å². The molecule has 5 aromatic rings. The van der Waals surface area contributed by atoms with Gasteiger partial charge >= 0.3 is 0 Å². The molecule has 1 aliphatic carbocycles. The molecule has 0 atom stereocenters. The number of aromatic nitrogens is 6. The van der Waals surface area contributed by atoms with Crippen LogP contribution in [-0.2, 0) is 11.8 Å². The maximum absolute atomic E-state index is 12.1. The SMILES string of the molecule is C=CC(=O)Nc1cc(-c2c(-c3cnn(C)c3)[nH]c3ncc(-c4cnn(C5CC5)c4)c(C)c23)ccc1C. The number of nitrogens with one attached hydrogen (secondary N) is 2. The number of fused-ring (bicyclic) bond motifs is 1. The van der Waals surface area contributed by atoms with Crippen molar-refractivity contribution in [2.45, 2.75) is 32.7 Å². The van der Waals surface area contributed by atoms with Gasteiger partial charge in [-0.2, -0.15) is 10.2 Å². The molecule has 0 unspecified atom stereocenters. The Labute approximate surface area is 208 Å². The van der Waals surface area contributed by atoms with Crippen molar-refractivity contribution >= 4 is 22.6 Å². The molecule has 1 aliphatic rings. The van der Waals surface area contributed by atoms with Gasteiger partial charge in [0.1, 0.15) is 5.65 Å². The van der Waals surface area contributed by atoms with Crippen LogP contribution in [0, 0.1) is 13.8 Å². The molecular weight excluding hydrogens is 450 g/mol. The van der Waals surface area contributed by atoms with E-state index in [1.165, 1.54) is 18.9 Å². The number of H-pyrrole nitrogens is 1. The second-order valence-electron chi connectivity index (χ2n) is 9.46. The number of hydrogen-bond acceptors (Lipinski definition) is 4. The molecule has 0 aliphatic heterocycles. The van der Waals surface area contributed by atoms with Crippen molar-refractivity contribution < 1.29 is 4.79 Å². The molecule has 0 bridgehead atoms. The third kappa shape index (κ3) is 3.71. The number of rotatable bonds is 6. The van der Waals surface area contributed by atoms with Gasteiger partial charge in [-0.05, 0) is 55.5 Å². The first kappa shape index (κ1) is 22.0. The monoisotopic (exact) mass is 477 g/mol. The number of aryl methyl sites for hydroxylation is 3. The molecule has 1 fully saturated rings. The Morgan fingerprint density at radius 2 is 1.92 bits per heavy atom. The first-order valence-electron chi connectivity index (χ1n) is 12.0. The van der Waals surface area contributed by atoms with Crippen molar-refractivity contribution in [3.8, 4) is 33.5 Å². The molecule has 4 aromatic heterocycles. The minimum atomic E-state index is -0.241. The summed E-state index contributed by atoms with van der Waals surface area (Å²) in [5.41, 5.74) is 9.65. The molecule has 0 saturated heterocycles. The molecule has 8 heteroatoms. The van der Waals surface area contributed by atoms with Gasteiger partial charge in [-0.25, -0.2) is 4.98 Å². The molecule has 180 valence electrons. The van der Waals surface area contributed by atoms with Crippen molar-refractivity contribution in [2.75, 3.05) is 5.32 Å². The van der Waals surface area contributed by atoms with Crippen LogP contribution in [0.2, 0.25) is 0 Å². The second kappa shape index (κ2) is 8.34. The molecule has 4 heterocycles. The highest BCUT2D eigenvalue weighted by Gasteiger charge is 2.25. The van der Waals surface area contributed by atoms with E-state index in [1.54, 1.807) is 4.68 Å². The largest absolute Gasteiger partial charge is 0.339 e. The van der Waals surface area contributed by atoms with Crippen molar-refractivity contribution in [2.24, 2.45) is 7.05 Å². The van der Waals surface area contributed by atoms with E-state index in [9.17, 15) is 4.79 Å². The number of hydrogen-bond donors (Lipinski definition) is 2. The zero-order valence-corrected chi connectivity index (χ0v) is 20.5. The highest BCUT2D eigenvalue weighted by atomic mass is 16.1. The molecule has 36 heavy (non-hydrogen) atoms. The summed E-state index contributed by atoms with van der Waals surface area (Å²) in [5.74, 6) is -0.241.